The Hall–Kier alpha value is -1.52. The second-order valence-corrected chi connectivity index (χ2v) is 4.43. The second-order valence-electron chi connectivity index (χ2n) is 3.87. The molecule has 0 bridgehead atoms. The summed E-state index contributed by atoms with van der Waals surface area (Å²) < 4.78 is 83.1. The van der Waals surface area contributed by atoms with Gasteiger partial charge in [0.15, 0.2) is 0 Å². The van der Waals surface area contributed by atoms with Gasteiger partial charge in [-0.2, -0.15) is 13.2 Å². The molecule has 22 heavy (non-hydrogen) atoms. The van der Waals surface area contributed by atoms with Gasteiger partial charge in [-0.1, -0.05) is 15.9 Å². The summed E-state index contributed by atoms with van der Waals surface area (Å²) >= 11 is 2.82. The molecular formula is C11H8BrF6NO3. The van der Waals surface area contributed by atoms with Gasteiger partial charge in [-0.15, -0.1) is 13.2 Å². The highest BCUT2D eigenvalue weighted by atomic mass is 79.9. The Morgan fingerprint density at radius 3 is 2.27 bits per heavy atom. The van der Waals surface area contributed by atoms with Gasteiger partial charge in [0, 0.05) is 11.4 Å². The minimum Gasteiger partial charge on any atom is -0.469 e. The monoisotopic (exact) mass is 395 g/mol. The molecule has 0 radical (unpaired) electrons. The van der Waals surface area contributed by atoms with E-state index < -0.39 is 47.6 Å². The van der Waals surface area contributed by atoms with E-state index in [0.29, 0.717) is 0 Å². The molecule has 1 heterocycles. The Morgan fingerprint density at radius 1 is 1.27 bits per heavy atom. The van der Waals surface area contributed by atoms with Crippen LogP contribution in [0.5, 0.6) is 5.88 Å². The molecule has 11 heteroatoms. The van der Waals surface area contributed by atoms with Crippen LogP contribution in [0.1, 0.15) is 16.8 Å². The summed E-state index contributed by atoms with van der Waals surface area (Å²) in [6.07, 6.45) is -11.0. The Balaban J connectivity index is 3.44. The van der Waals surface area contributed by atoms with E-state index in [1.807, 2.05) is 0 Å². The van der Waals surface area contributed by atoms with Gasteiger partial charge in [-0.3, -0.25) is 4.79 Å². The number of nitrogens with zero attached hydrogens (tertiary/aromatic N) is 1. The predicted molar refractivity (Wildman–Crippen MR) is 64.3 cm³/mol. The highest BCUT2D eigenvalue weighted by molar-refractivity contribution is 9.08. The van der Waals surface area contributed by atoms with Gasteiger partial charge in [-0.05, 0) is 5.56 Å². The zero-order valence-corrected chi connectivity index (χ0v) is 12.4. The third-order valence-electron chi connectivity index (χ3n) is 2.39. The molecule has 1 rings (SSSR count). The normalized spacial score (nSPS) is 12.2. The van der Waals surface area contributed by atoms with Crippen molar-refractivity contribution in [2.75, 3.05) is 7.11 Å². The summed E-state index contributed by atoms with van der Waals surface area (Å²) in [5.74, 6) is -2.25. The standard InChI is InChI=1S/C11H8BrF6NO3/c1-21-9(20)2-5-6(10(13,14)15)3-8(19-7(5)4-12)22-11(16,17)18/h3H,2,4H2,1H3. The van der Waals surface area contributed by atoms with Crippen molar-refractivity contribution in [2.24, 2.45) is 0 Å². The number of esters is 1. The van der Waals surface area contributed by atoms with Crippen LogP contribution in [0.2, 0.25) is 0 Å². The quantitative estimate of drug-likeness (QED) is 0.444. The highest BCUT2D eigenvalue weighted by Crippen LogP contribution is 2.37. The van der Waals surface area contributed by atoms with Crippen LogP contribution in [-0.4, -0.2) is 24.4 Å². The molecule has 0 amide bonds. The fraction of sp³-hybridized carbons (Fsp3) is 0.455. The zero-order valence-electron chi connectivity index (χ0n) is 10.8. The Kier molecular flexibility index (Phi) is 5.65. The van der Waals surface area contributed by atoms with Crippen LogP contribution >= 0.6 is 15.9 Å². The van der Waals surface area contributed by atoms with E-state index in [9.17, 15) is 31.1 Å². The summed E-state index contributed by atoms with van der Waals surface area (Å²) in [5.41, 5.74) is -2.42. The van der Waals surface area contributed by atoms with E-state index in [4.69, 9.17) is 0 Å². The fourth-order valence-electron chi connectivity index (χ4n) is 1.55. The average Bonchev–Trinajstić information content (AvgIpc) is 2.36. The van der Waals surface area contributed by atoms with Crippen molar-refractivity contribution in [1.82, 2.24) is 4.98 Å². The lowest BCUT2D eigenvalue weighted by atomic mass is 10.0. The van der Waals surface area contributed by atoms with Crippen LogP contribution in [0.3, 0.4) is 0 Å². The molecule has 0 saturated heterocycles. The van der Waals surface area contributed by atoms with Crippen molar-refractivity contribution in [3.63, 3.8) is 0 Å². The van der Waals surface area contributed by atoms with Crippen LogP contribution in [0, 0.1) is 0 Å². The maximum Gasteiger partial charge on any atom is 0.574 e. The van der Waals surface area contributed by atoms with E-state index in [-0.39, 0.29) is 11.4 Å². The lowest BCUT2D eigenvalue weighted by Crippen LogP contribution is -2.21. The van der Waals surface area contributed by atoms with Crippen molar-refractivity contribution >= 4 is 21.9 Å². The summed E-state index contributed by atoms with van der Waals surface area (Å²) in [5, 5.41) is -0.308. The first kappa shape index (κ1) is 18.5. The van der Waals surface area contributed by atoms with Gasteiger partial charge in [0.25, 0.3) is 0 Å². The van der Waals surface area contributed by atoms with Gasteiger partial charge in [0.1, 0.15) is 0 Å². The molecule has 0 N–H and O–H groups in total. The minimum atomic E-state index is -5.19. The Morgan fingerprint density at radius 2 is 1.86 bits per heavy atom. The predicted octanol–water partition coefficient (Wildman–Crippen LogP) is 3.61. The SMILES string of the molecule is COC(=O)Cc1c(C(F)(F)F)cc(OC(F)(F)F)nc1CBr. The Bertz CT molecular complexity index is 558. The number of carbonyl (C=O) groups is 1. The third kappa shape index (κ3) is 5.04. The minimum absolute atomic E-state index is 0.0952. The number of pyridine rings is 1. The second kappa shape index (κ2) is 6.71. The molecule has 4 nitrogen and oxygen atoms in total. The molecule has 0 unspecified atom stereocenters. The lowest BCUT2D eigenvalue weighted by Gasteiger charge is -2.17. The van der Waals surface area contributed by atoms with Crippen molar-refractivity contribution in [1.29, 1.82) is 0 Å². The molecule has 124 valence electrons. The third-order valence-corrected chi connectivity index (χ3v) is 2.92. The number of ether oxygens (including phenoxy) is 2. The molecule has 0 aliphatic rings. The number of hydrogen-bond acceptors (Lipinski definition) is 4. The molecule has 0 aliphatic carbocycles. The van der Waals surface area contributed by atoms with Crippen LogP contribution < -0.4 is 4.74 Å². The van der Waals surface area contributed by atoms with Crippen molar-refractivity contribution in [3.05, 3.63) is 22.9 Å². The van der Waals surface area contributed by atoms with Gasteiger partial charge < -0.3 is 9.47 Å². The van der Waals surface area contributed by atoms with E-state index in [1.54, 1.807) is 0 Å². The number of aromatic nitrogens is 1. The van der Waals surface area contributed by atoms with Gasteiger partial charge in [0.2, 0.25) is 5.88 Å². The van der Waals surface area contributed by atoms with Crippen LogP contribution in [0.25, 0.3) is 0 Å². The van der Waals surface area contributed by atoms with E-state index in [0.717, 1.165) is 7.11 Å². The smallest absolute Gasteiger partial charge is 0.469 e. The molecule has 0 aromatic carbocycles. The molecule has 0 saturated carbocycles. The molecule has 1 aromatic heterocycles. The number of alkyl halides is 7. The number of hydrogen-bond donors (Lipinski definition) is 0. The van der Waals surface area contributed by atoms with Crippen molar-refractivity contribution in [3.8, 4) is 5.88 Å². The van der Waals surface area contributed by atoms with Crippen LogP contribution in [0.4, 0.5) is 26.3 Å². The van der Waals surface area contributed by atoms with Crippen molar-refractivity contribution < 1.29 is 40.6 Å². The van der Waals surface area contributed by atoms with Crippen LogP contribution in [0.15, 0.2) is 6.07 Å². The van der Waals surface area contributed by atoms with Crippen molar-refractivity contribution in [2.45, 2.75) is 24.3 Å². The number of carbonyl (C=O) groups excluding carboxylic acids is 1. The summed E-state index contributed by atoms with van der Waals surface area (Å²) in [4.78, 5) is 14.5. The summed E-state index contributed by atoms with van der Waals surface area (Å²) in [6.45, 7) is 0. The molecule has 0 fully saturated rings. The maximum absolute atomic E-state index is 13.0. The first-order chi connectivity index (χ1) is 9.97. The molecule has 0 aliphatic heterocycles. The van der Waals surface area contributed by atoms with Gasteiger partial charge in [-0.25, -0.2) is 4.98 Å². The molecule has 0 atom stereocenters. The van der Waals surface area contributed by atoms with E-state index >= 15 is 0 Å². The van der Waals surface area contributed by atoms with Gasteiger partial charge in [0.05, 0.1) is 24.8 Å². The largest absolute Gasteiger partial charge is 0.574 e. The first-order valence-corrected chi connectivity index (χ1v) is 6.58. The fourth-order valence-corrected chi connectivity index (χ4v) is 2.01. The summed E-state index contributed by atoms with van der Waals surface area (Å²) in [7, 11) is 0.970. The number of halogens is 7. The van der Waals surface area contributed by atoms with Crippen LogP contribution in [-0.2, 0) is 27.5 Å². The van der Waals surface area contributed by atoms with Gasteiger partial charge >= 0.3 is 18.5 Å². The first-order valence-electron chi connectivity index (χ1n) is 5.46. The van der Waals surface area contributed by atoms with E-state index in [2.05, 4.69) is 30.4 Å². The maximum atomic E-state index is 13.0. The lowest BCUT2D eigenvalue weighted by molar-refractivity contribution is -0.276. The Labute approximate surface area is 128 Å². The topological polar surface area (TPSA) is 48.4 Å². The number of rotatable bonds is 4. The molecule has 0 spiro atoms. The zero-order chi connectivity index (χ0) is 17.1. The average molecular weight is 396 g/mol. The molecular weight excluding hydrogens is 388 g/mol. The summed E-state index contributed by atoms with van der Waals surface area (Å²) in [6, 6.07) is 0.0952. The number of methoxy groups -OCH3 is 1. The van der Waals surface area contributed by atoms with E-state index in [1.165, 1.54) is 0 Å². The highest BCUT2D eigenvalue weighted by Gasteiger charge is 2.38. The molecule has 1 aromatic rings.